The quantitative estimate of drug-likeness (QED) is 0.756. The van der Waals surface area contributed by atoms with E-state index in [1.54, 1.807) is 0 Å². The SMILES string of the molecule is O=C1NCCCOc2ccccc2CCCCCC12CCN(C1CCOCC1)CC2. The van der Waals surface area contributed by atoms with Gasteiger partial charge < -0.3 is 19.7 Å². The molecule has 2 fully saturated rings. The molecule has 0 atom stereocenters. The maximum Gasteiger partial charge on any atom is 0.226 e. The second kappa shape index (κ2) is 10.6. The van der Waals surface area contributed by atoms with Gasteiger partial charge in [0, 0.05) is 25.8 Å². The Bertz CT molecular complexity index is 679. The number of benzene rings is 1. The Hall–Kier alpha value is -1.59. The van der Waals surface area contributed by atoms with E-state index >= 15 is 0 Å². The summed E-state index contributed by atoms with van der Waals surface area (Å²) in [4.78, 5) is 15.9. The van der Waals surface area contributed by atoms with Crippen LogP contribution in [-0.4, -0.2) is 56.3 Å². The van der Waals surface area contributed by atoms with Gasteiger partial charge in [-0.3, -0.25) is 4.79 Å². The first-order valence-corrected chi connectivity index (χ1v) is 12.1. The Morgan fingerprint density at radius 2 is 1.73 bits per heavy atom. The van der Waals surface area contributed by atoms with Gasteiger partial charge in [0.05, 0.1) is 12.0 Å². The van der Waals surface area contributed by atoms with E-state index in [-0.39, 0.29) is 11.3 Å². The fourth-order valence-corrected chi connectivity index (χ4v) is 5.41. The minimum Gasteiger partial charge on any atom is -0.493 e. The van der Waals surface area contributed by atoms with E-state index in [2.05, 4.69) is 28.4 Å². The van der Waals surface area contributed by atoms with Crippen LogP contribution in [0.2, 0.25) is 0 Å². The second-order valence-corrected chi connectivity index (χ2v) is 9.29. The summed E-state index contributed by atoms with van der Waals surface area (Å²) in [5.41, 5.74) is 1.14. The monoisotopic (exact) mass is 414 g/mol. The molecule has 3 aliphatic rings. The number of carbonyl (C=O) groups is 1. The molecule has 0 bridgehead atoms. The van der Waals surface area contributed by atoms with Gasteiger partial charge in [0.2, 0.25) is 5.91 Å². The molecule has 30 heavy (non-hydrogen) atoms. The summed E-state index contributed by atoms with van der Waals surface area (Å²) >= 11 is 0. The summed E-state index contributed by atoms with van der Waals surface area (Å²) in [7, 11) is 0. The third-order valence-corrected chi connectivity index (χ3v) is 7.38. The molecule has 1 aromatic rings. The fraction of sp³-hybridized carbons (Fsp3) is 0.720. The zero-order valence-corrected chi connectivity index (χ0v) is 18.4. The number of hydrogen-bond acceptors (Lipinski definition) is 4. The normalized spacial score (nSPS) is 25.0. The summed E-state index contributed by atoms with van der Waals surface area (Å²) in [6, 6.07) is 9.06. The number of hydrogen-bond donors (Lipinski definition) is 1. The van der Waals surface area contributed by atoms with E-state index in [4.69, 9.17) is 9.47 Å². The highest BCUT2D eigenvalue weighted by Gasteiger charge is 2.41. The molecule has 1 N–H and O–H groups in total. The van der Waals surface area contributed by atoms with Gasteiger partial charge in [0.15, 0.2) is 0 Å². The van der Waals surface area contributed by atoms with Crippen molar-refractivity contribution in [3.63, 3.8) is 0 Å². The Labute approximate surface area is 181 Å². The Morgan fingerprint density at radius 1 is 0.933 bits per heavy atom. The molecular weight excluding hydrogens is 376 g/mol. The molecule has 0 aromatic heterocycles. The minimum absolute atomic E-state index is 0.176. The predicted octanol–water partition coefficient (Wildman–Crippen LogP) is 3.95. The summed E-state index contributed by atoms with van der Waals surface area (Å²) in [5, 5.41) is 3.26. The number of amides is 1. The van der Waals surface area contributed by atoms with Crippen LogP contribution in [0.5, 0.6) is 5.75 Å². The first kappa shape index (κ1) is 21.6. The maximum absolute atomic E-state index is 13.3. The van der Waals surface area contributed by atoms with Crippen molar-refractivity contribution in [3.8, 4) is 5.75 Å². The zero-order chi connectivity index (χ0) is 20.7. The Balaban J connectivity index is 1.36. The van der Waals surface area contributed by atoms with E-state index in [0.717, 1.165) is 89.8 Å². The predicted molar refractivity (Wildman–Crippen MR) is 119 cm³/mol. The van der Waals surface area contributed by atoms with Gasteiger partial charge >= 0.3 is 0 Å². The van der Waals surface area contributed by atoms with E-state index in [1.165, 1.54) is 12.0 Å². The molecule has 0 saturated carbocycles. The van der Waals surface area contributed by atoms with Crippen LogP contribution >= 0.6 is 0 Å². The van der Waals surface area contributed by atoms with Crippen molar-refractivity contribution in [3.05, 3.63) is 29.8 Å². The molecule has 5 heteroatoms. The van der Waals surface area contributed by atoms with Crippen molar-refractivity contribution in [2.24, 2.45) is 5.41 Å². The van der Waals surface area contributed by atoms with Crippen LogP contribution in [0.1, 0.15) is 63.4 Å². The average Bonchev–Trinajstić information content (AvgIpc) is 2.80. The molecule has 1 spiro atoms. The molecule has 2 saturated heterocycles. The molecule has 1 amide bonds. The van der Waals surface area contributed by atoms with Gasteiger partial charge in [0.1, 0.15) is 5.75 Å². The summed E-state index contributed by atoms with van der Waals surface area (Å²) < 4.78 is 11.6. The molecule has 3 aliphatic heterocycles. The molecule has 0 radical (unpaired) electrons. The van der Waals surface area contributed by atoms with Crippen molar-refractivity contribution < 1.29 is 14.3 Å². The van der Waals surface area contributed by atoms with Crippen LogP contribution in [0.3, 0.4) is 0 Å². The van der Waals surface area contributed by atoms with Gasteiger partial charge in [0.25, 0.3) is 0 Å². The lowest BCUT2D eigenvalue weighted by Crippen LogP contribution is -2.52. The number of aryl methyl sites for hydroxylation is 1. The van der Waals surface area contributed by atoms with Gasteiger partial charge in [-0.1, -0.05) is 31.0 Å². The first-order valence-electron chi connectivity index (χ1n) is 12.1. The van der Waals surface area contributed by atoms with E-state index in [9.17, 15) is 4.79 Å². The molecular formula is C25H38N2O3. The molecule has 5 nitrogen and oxygen atoms in total. The van der Waals surface area contributed by atoms with Gasteiger partial charge in [-0.2, -0.15) is 0 Å². The molecule has 1 aromatic carbocycles. The lowest BCUT2D eigenvalue weighted by Gasteiger charge is -2.44. The van der Waals surface area contributed by atoms with Crippen molar-refractivity contribution in [2.75, 3.05) is 39.5 Å². The highest BCUT2D eigenvalue weighted by molar-refractivity contribution is 5.82. The number of fused-ring (bicyclic) bond motifs is 1. The summed E-state index contributed by atoms with van der Waals surface area (Å²) in [6.45, 7) is 5.23. The molecule has 0 aliphatic carbocycles. The fourth-order valence-electron chi connectivity index (χ4n) is 5.41. The van der Waals surface area contributed by atoms with Crippen LogP contribution in [0.4, 0.5) is 0 Å². The summed E-state index contributed by atoms with van der Waals surface area (Å²) in [5.74, 6) is 1.30. The standard InChI is InChI=1S/C25H38N2O3/c28-24-25(13-16-27(17-14-25)22-10-19-29-20-11-22)12-5-1-2-7-21-8-3-4-9-23(21)30-18-6-15-26-24/h3-4,8-9,22H,1-2,5-7,10-20H2,(H,26,28). The number of piperidine rings is 1. The number of rotatable bonds is 1. The molecule has 166 valence electrons. The molecule has 4 rings (SSSR count). The van der Waals surface area contributed by atoms with Crippen LogP contribution in [0.15, 0.2) is 24.3 Å². The number of para-hydroxylation sites is 1. The molecule has 3 heterocycles. The van der Waals surface area contributed by atoms with E-state index in [1.807, 2.05) is 6.07 Å². The third kappa shape index (κ3) is 5.36. The molecule has 0 unspecified atom stereocenters. The highest BCUT2D eigenvalue weighted by Crippen LogP contribution is 2.38. The van der Waals surface area contributed by atoms with Crippen LogP contribution in [-0.2, 0) is 16.0 Å². The number of ether oxygens (including phenoxy) is 2. The van der Waals surface area contributed by atoms with Gasteiger partial charge in [-0.05, 0) is 76.1 Å². The van der Waals surface area contributed by atoms with E-state index < -0.39 is 0 Å². The smallest absolute Gasteiger partial charge is 0.226 e. The Kier molecular flexibility index (Phi) is 7.67. The largest absolute Gasteiger partial charge is 0.493 e. The van der Waals surface area contributed by atoms with Crippen LogP contribution in [0, 0.1) is 5.41 Å². The highest BCUT2D eigenvalue weighted by atomic mass is 16.5. The van der Waals surface area contributed by atoms with Gasteiger partial charge in [-0.25, -0.2) is 0 Å². The van der Waals surface area contributed by atoms with Crippen molar-refractivity contribution >= 4 is 5.91 Å². The minimum atomic E-state index is -0.176. The van der Waals surface area contributed by atoms with Crippen LogP contribution in [0.25, 0.3) is 0 Å². The third-order valence-electron chi connectivity index (χ3n) is 7.38. The number of carbonyl (C=O) groups excluding carboxylic acids is 1. The van der Waals surface area contributed by atoms with Gasteiger partial charge in [-0.15, -0.1) is 0 Å². The van der Waals surface area contributed by atoms with Crippen LogP contribution < -0.4 is 10.1 Å². The lowest BCUT2D eigenvalue weighted by molar-refractivity contribution is -0.135. The van der Waals surface area contributed by atoms with E-state index in [0.29, 0.717) is 19.2 Å². The lowest BCUT2D eigenvalue weighted by atomic mass is 9.73. The second-order valence-electron chi connectivity index (χ2n) is 9.29. The maximum atomic E-state index is 13.3. The number of nitrogens with one attached hydrogen (secondary N) is 1. The van der Waals surface area contributed by atoms with Crippen molar-refractivity contribution in [2.45, 2.75) is 70.3 Å². The Morgan fingerprint density at radius 3 is 2.57 bits per heavy atom. The van der Waals surface area contributed by atoms with Crippen molar-refractivity contribution in [1.29, 1.82) is 0 Å². The number of likely N-dealkylation sites (tertiary alicyclic amines) is 1. The zero-order valence-electron chi connectivity index (χ0n) is 18.4. The average molecular weight is 415 g/mol. The summed E-state index contributed by atoms with van der Waals surface area (Å²) in [6.07, 6.45) is 10.7. The topological polar surface area (TPSA) is 50.8 Å². The number of nitrogens with zero attached hydrogens (tertiary/aromatic N) is 1. The van der Waals surface area contributed by atoms with Crippen molar-refractivity contribution in [1.82, 2.24) is 10.2 Å². The first-order chi connectivity index (χ1) is 14.8.